The lowest BCUT2D eigenvalue weighted by molar-refractivity contribution is 0.464. The smallest absolute Gasteiger partial charge is 0.270 e. The topological polar surface area (TPSA) is 137 Å². The van der Waals surface area contributed by atoms with Gasteiger partial charge < -0.3 is 15.5 Å². The molecule has 1 unspecified atom stereocenters. The van der Waals surface area contributed by atoms with Crippen molar-refractivity contribution in [2.75, 3.05) is 19.0 Å². The zero-order chi connectivity index (χ0) is 26.6. The van der Waals surface area contributed by atoms with Crippen molar-refractivity contribution in [1.82, 2.24) is 25.5 Å². The van der Waals surface area contributed by atoms with Gasteiger partial charge in [-0.15, -0.1) is 10.2 Å². The molecule has 0 aliphatic rings. The van der Waals surface area contributed by atoms with Crippen LogP contribution >= 0.6 is 0 Å². The number of hydrogen-bond acceptors (Lipinski definition) is 9. The Bertz CT molecular complexity index is 1490. The third kappa shape index (κ3) is 5.65. The van der Waals surface area contributed by atoms with E-state index in [4.69, 9.17) is 10.2 Å². The second-order valence-electron chi connectivity index (χ2n) is 8.35. The van der Waals surface area contributed by atoms with Crippen molar-refractivity contribution in [1.29, 1.82) is 0 Å². The lowest BCUT2D eigenvalue weighted by Gasteiger charge is -2.11. The third-order valence-corrected chi connectivity index (χ3v) is 8.02. The molecular formula is C25H26F2N6O3S. The number of nitrogens with one attached hydrogen (secondary N) is 1. The molecule has 0 saturated carbocycles. The molecule has 0 aliphatic carbocycles. The van der Waals surface area contributed by atoms with Crippen LogP contribution in [0.3, 0.4) is 0 Å². The van der Waals surface area contributed by atoms with E-state index in [9.17, 15) is 17.2 Å². The third-order valence-electron chi connectivity index (χ3n) is 5.80. The van der Waals surface area contributed by atoms with Crippen LogP contribution in [-0.4, -0.2) is 47.1 Å². The average Bonchev–Trinajstić information content (AvgIpc) is 3.37. The van der Waals surface area contributed by atoms with E-state index < -0.39 is 27.6 Å². The number of anilines is 1. The lowest BCUT2D eigenvalue weighted by atomic mass is 10.1. The summed E-state index contributed by atoms with van der Waals surface area (Å²) in [7, 11) is -3.66. The van der Waals surface area contributed by atoms with E-state index in [0.29, 0.717) is 17.8 Å². The highest BCUT2D eigenvalue weighted by Crippen LogP contribution is 2.30. The van der Waals surface area contributed by atoms with Crippen molar-refractivity contribution >= 4 is 15.7 Å². The minimum Gasteiger partial charge on any atom is -0.414 e. The number of hydrogen-bond donors (Lipinski definition) is 2. The zero-order valence-electron chi connectivity index (χ0n) is 20.3. The summed E-state index contributed by atoms with van der Waals surface area (Å²) in [4.78, 5) is 8.69. The van der Waals surface area contributed by atoms with Crippen LogP contribution in [0.15, 0.2) is 58.0 Å². The van der Waals surface area contributed by atoms with Crippen molar-refractivity contribution in [2.45, 2.75) is 37.0 Å². The van der Waals surface area contributed by atoms with Gasteiger partial charge in [-0.25, -0.2) is 22.8 Å². The van der Waals surface area contributed by atoms with E-state index in [2.05, 4.69) is 25.5 Å². The first kappa shape index (κ1) is 26.3. The number of aromatic nitrogens is 4. The molecule has 0 amide bonds. The number of rotatable bonds is 10. The van der Waals surface area contributed by atoms with Crippen molar-refractivity contribution in [3.63, 3.8) is 0 Å². The highest BCUT2D eigenvalue weighted by Gasteiger charge is 2.23. The predicted molar refractivity (Wildman–Crippen MR) is 135 cm³/mol. The fraction of sp³-hybridized carbons (Fsp3) is 0.280. The molecule has 37 heavy (non-hydrogen) atoms. The molecule has 2 heterocycles. The van der Waals surface area contributed by atoms with Crippen molar-refractivity contribution in [3.05, 3.63) is 60.0 Å². The van der Waals surface area contributed by atoms with Gasteiger partial charge in [0.25, 0.3) is 11.8 Å². The first-order valence-corrected chi connectivity index (χ1v) is 13.2. The minimum atomic E-state index is -3.66. The number of halogens is 2. The maximum atomic E-state index is 14.7. The summed E-state index contributed by atoms with van der Waals surface area (Å²) >= 11 is 0. The summed E-state index contributed by atoms with van der Waals surface area (Å²) in [5.41, 5.74) is 7.96. The Morgan fingerprint density at radius 2 is 1.84 bits per heavy atom. The second kappa shape index (κ2) is 11.1. The summed E-state index contributed by atoms with van der Waals surface area (Å²) in [6.45, 7) is 4.02. The summed E-state index contributed by atoms with van der Waals surface area (Å²) < 4.78 is 58.2. The van der Waals surface area contributed by atoms with Crippen LogP contribution in [0.5, 0.6) is 0 Å². The molecule has 0 saturated heterocycles. The lowest BCUT2D eigenvalue weighted by Crippen LogP contribution is -2.18. The number of benzene rings is 2. The standard InChI is InChI=1S/C25H26F2N6O3S/c1-3-29-13-16-4-9-19(20(27)12-16)24-32-33-25(36-24)22-23(28)30-14-21(31-22)17-5-7-18(8-6-17)37(34,35)15(2)10-11-26/h4-9,12,14-15,29H,3,10-11,13H2,1-2H3,(H2,28,30). The molecule has 9 nitrogen and oxygen atoms in total. The van der Waals surface area contributed by atoms with Crippen molar-refractivity contribution < 1.29 is 21.6 Å². The fourth-order valence-electron chi connectivity index (χ4n) is 3.59. The molecule has 0 radical (unpaired) electrons. The van der Waals surface area contributed by atoms with Gasteiger partial charge in [-0.1, -0.05) is 25.1 Å². The predicted octanol–water partition coefficient (Wildman–Crippen LogP) is 4.21. The first-order chi connectivity index (χ1) is 17.7. The molecule has 3 N–H and O–H groups in total. The van der Waals surface area contributed by atoms with Crippen LogP contribution in [-0.2, 0) is 16.4 Å². The van der Waals surface area contributed by atoms with Gasteiger partial charge in [0.2, 0.25) is 0 Å². The molecule has 1 atom stereocenters. The van der Waals surface area contributed by atoms with Gasteiger partial charge in [0.15, 0.2) is 21.3 Å². The largest absolute Gasteiger partial charge is 0.414 e. The molecule has 0 bridgehead atoms. The maximum absolute atomic E-state index is 14.7. The van der Waals surface area contributed by atoms with Gasteiger partial charge >= 0.3 is 0 Å². The number of nitrogen functional groups attached to an aromatic ring is 1. The Hall–Kier alpha value is -3.77. The Labute approximate surface area is 213 Å². The van der Waals surface area contributed by atoms with Crippen LogP contribution in [0.2, 0.25) is 0 Å². The number of alkyl halides is 1. The summed E-state index contributed by atoms with van der Waals surface area (Å²) in [6.07, 6.45) is 1.35. The minimum absolute atomic E-state index is 0.0275. The highest BCUT2D eigenvalue weighted by atomic mass is 32.2. The van der Waals surface area contributed by atoms with Crippen LogP contribution in [0, 0.1) is 5.82 Å². The Morgan fingerprint density at radius 1 is 1.11 bits per heavy atom. The van der Waals surface area contributed by atoms with Crippen LogP contribution in [0.1, 0.15) is 25.8 Å². The fourth-order valence-corrected chi connectivity index (χ4v) is 4.97. The highest BCUT2D eigenvalue weighted by molar-refractivity contribution is 7.92. The molecule has 2 aromatic carbocycles. The van der Waals surface area contributed by atoms with E-state index in [1.54, 1.807) is 24.3 Å². The van der Waals surface area contributed by atoms with E-state index in [1.165, 1.54) is 31.3 Å². The van der Waals surface area contributed by atoms with E-state index in [0.717, 1.165) is 12.1 Å². The Morgan fingerprint density at radius 3 is 2.51 bits per heavy atom. The quantitative estimate of drug-likeness (QED) is 0.310. The molecule has 2 aromatic heterocycles. The summed E-state index contributed by atoms with van der Waals surface area (Å²) in [6, 6.07) is 10.7. The molecule has 12 heteroatoms. The number of nitrogens with zero attached hydrogens (tertiary/aromatic N) is 4. The maximum Gasteiger partial charge on any atom is 0.270 e. The van der Waals surface area contributed by atoms with E-state index in [-0.39, 0.29) is 40.2 Å². The van der Waals surface area contributed by atoms with Gasteiger partial charge in [0.05, 0.1) is 34.3 Å². The van der Waals surface area contributed by atoms with Gasteiger partial charge in [-0.2, -0.15) is 0 Å². The monoisotopic (exact) mass is 528 g/mol. The second-order valence-corrected chi connectivity index (χ2v) is 10.7. The number of nitrogens with two attached hydrogens (primary N) is 1. The van der Waals surface area contributed by atoms with Crippen LogP contribution in [0.4, 0.5) is 14.6 Å². The van der Waals surface area contributed by atoms with Crippen LogP contribution < -0.4 is 11.1 Å². The molecule has 4 rings (SSSR count). The summed E-state index contributed by atoms with van der Waals surface area (Å²) in [5.74, 6) is -0.558. The average molecular weight is 529 g/mol. The van der Waals surface area contributed by atoms with Gasteiger partial charge in [-0.3, -0.25) is 4.39 Å². The molecular weight excluding hydrogens is 502 g/mol. The van der Waals surface area contributed by atoms with E-state index in [1.807, 2.05) is 6.92 Å². The Kier molecular flexibility index (Phi) is 7.89. The molecule has 194 valence electrons. The van der Waals surface area contributed by atoms with Crippen molar-refractivity contribution in [3.8, 4) is 34.3 Å². The molecule has 0 spiro atoms. The molecule has 0 aliphatic heterocycles. The SMILES string of the molecule is CCNCc1ccc(-c2nnc(-c3nc(-c4ccc(S(=O)(=O)C(C)CCF)cc4)cnc3N)o2)c(F)c1. The zero-order valence-corrected chi connectivity index (χ0v) is 21.1. The normalized spacial score (nSPS) is 12.5. The van der Waals surface area contributed by atoms with Crippen molar-refractivity contribution in [2.24, 2.45) is 0 Å². The van der Waals surface area contributed by atoms with Gasteiger partial charge in [0, 0.05) is 12.1 Å². The van der Waals surface area contributed by atoms with Gasteiger partial charge in [0.1, 0.15) is 5.82 Å². The molecule has 0 fully saturated rings. The van der Waals surface area contributed by atoms with E-state index >= 15 is 0 Å². The summed E-state index contributed by atoms with van der Waals surface area (Å²) in [5, 5.41) is 10.2. The molecule has 4 aromatic rings. The van der Waals surface area contributed by atoms with Crippen LogP contribution in [0.25, 0.3) is 34.3 Å². The van der Waals surface area contributed by atoms with Gasteiger partial charge in [-0.05, 0) is 49.7 Å². The Balaban J connectivity index is 1.61. The first-order valence-electron chi connectivity index (χ1n) is 11.6. The number of sulfone groups is 1.